The van der Waals surface area contributed by atoms with Crippen molar-refractivity contribution in [2.24, 2.45) is 5.92 Å². The van der Waals surface area contributed by atoms with E-state index in [0.717, 1.165) is 41.4 Å². The van der Waals surface area contributed by atoms with Crippen molar-refractivity contribution >= 4 is 23.2 Å². The summed E-state index contributed by atoms with van der Waals surface area (Å²) in [5.74, 6) is 0.506. The number of aryl methyl sites for hydroxylation is 2. The molecule has 0 radical (unpaired) electrons. The van der Waals surface area contributed by atoms with Gasteiger partial charge in [-0.1, -0.05) is 0 Å². The molecular weight excluding hydrogens is 286 g/mol. The van der Waals surface area contributed by atoms with Crippen molar-refractivity contribution in [2.75, 3.05) is 13.1 Å². The Kier molecular flexibility index (Phi) is 3.97. The molecule has 1 saturated heterocycles. The molecule has 2 heterocycles. The number of nitrogens with one attached hydrogen (secondary N) is 1. The number of thiazole rings is 1. The van der Waals surface area contributed by atoms with Gasteiger partial charge in [-0.15, -0.1) is 11.3 Å². The molecule has 0 bridgehead atoms. The van der Waals surface area contributed by atoms with Crippen LogP contribution in [0.4, 0.5) is 0 Å². The number of rotatable bonds is 4. The largest absolute Gasteiger partial charge is 0.353 e. The highest BCUT2D eigenvalue weighted by Gasteiger charge is 2.31. The smallest absolute Gasteiger partial charge is 0.265 e. The van der Waals surface area contributed by atoms with Crippen molar-refractivity contribution in [1.29, 1.82) is 0 Å². The number of hydrogen-bond donors (Lipinski definition) is 1. The van der Waals surface area contributed by atoms with Gasteiger partial charge in [-0.3, -0.25) is 9.59 Å². The van der Waals surface area contributed by atoms with E-state index < -0.39 is 0 Å². The molecule has 0 aromatic carbocycles. The Bertz CT molecular complexity index is 565. The predicted molar refractivity (Wildman–Crippen MR) is 81.4 cm³/mol. The molecule has 2 amide bonds. The molecule has 114 valence electrons. The maximum atomic E-state index is 12.5. The Hall–Kier alpha value is -1.43. The molecule has 21 heavy (non-hydrogen) atoms. The lowest BCUT2D eigenvalue weighted by Gasteiger charge is -2.15. The standard InChI is InChI=1S/C15H21N3O2S/c1-9-14(21-10(2)16-9)15(20)18-6-5-11(8-18)7-13(19)17-12-3-4-12/h11-12H,3-8H2,1-2H3,(H,17,19). The van der Waals surface area contributed by atoms with Crippen molar-refractivity contribution in [3.05, 3.63) is 15.6 Å². The molecular formula is C15H21N3O2S. The maximum absolute atomic E-state index is 12.5. The van der Waals surface area contributed by atoms with Gasteiger partial charge in [0.25, 0.3) is 5.91 Å². The maximum Gasteiger partial charge on any atom is 0.265 e. The summed E-state index contributed by atoms with van der Waals surface area (Å²) in [5.41, 5.74) is 0.817. The van der Waals surface area contributed by atoms with Gasteiger partial charge in [0, 0.05) is 25.6 Å². The molecule has 5 nitrogen and oxygen atoms in total. The van der Waals surface area contributed by atoms with E-state index >= 15 is 0 Å². The fraction of sp³-hybridized carbons (Fsp3) is 0.667. The summed E-state index contributed by atoms with van der Waals surface area (Å²) >= 11 is 1.46. The van der Waals surface area contributed by atoms with Crippen molar-refractivity contribution < 1.29 is 9.59 Å². The van der Waals surface area contributed by atoms with Crippen molar-refractivity contribution in [2.45, 2.75) is 45.6 Å². The number of amides is 2. The minimum Gasteiger partial charge on any atom is -0.353 e. The number of carbonyl (C=O) groups is 2. The van der Waals surface area contributed by atoms with E-state index in [0.29, 0.717) is 24.9 Å². The quantitative estimate of drug-likeness (QED) is 0.924. The summed E-state index contributed by atoms with van der Waals surface area (Å²) in [6, 6.07) is 0.416. The molecule has 1 aromatic heterocycles. The minimum atomic E-state index is 0.0724. The van der Waals surface area contributed by atoms with E-state index in [1.54, 1.807) is 0 Å². The van der Waals surface area contributed by atoms with Gasteiger partial charge >= 0.3 is 0 Å². The van der Waals surface area contributed by atoms with Gasteiger partial charge in [-0.25, -0.2) is 4.98 Å². The first-order valence-corrected chi connectivity index (χ1v) is 8.37. The lowest BCUT2D eigenvalue weighted by Crippen LogP contribution is -2.31. The summed E-state index contributed by atoms with van der Waals surface area (Å²) in [6.45, 7) is 5.24. The van der Waals surface area contributed by atoms with Gasteiger partial charge in [0.2, 0.25) is 5.91 Å². The fourth-order valence-electron chi connectivity index (χ4n) is 2.83. The predicted octanol–water partition coefficient (Wildman–Crippen LogP) is 1.89. The average Bonchev–Trinajstić information content (AvgIpc) is 2.98. The SMILES string of the molecule is Cc1nc(C)c(C(=O)N2CCC(CC(=O)NC3CC3)C2)s1. The Morgan fingerprint density at radius 1 is 1.33 bits per heavy atom. The zero-order valence-corrected chi connectivity index (χ0v) is 13.3. The molecule has 0 spiro atoms. The molecule has 2 fully saturated rings. The molecule has 1 aliphatic carbocycles. The van der Waals surface area contributed by atoms with Crippen molar-refractivity contribution in [1.82, 2.24) is 15.2 Å². The summed E-state index contributed by atoms with van der Waals surface area (Å²) in [5, 5.41) is 3.94. The molecule has 1 unspecified atom stereocenters. The van der Waals surface area contributed by atoms with E-state index in [-0.39, 0.29) is 11.8 Å². The molecule has 1 aromatic rings. The van der Waals surface area contributed by atoms with Crippen LogP contribution in [0.3, 0.4) is 0 Å². The molecule has 1 saturated carbocycles. The van der Waals surface area contributed by atoms with Crippen LogP contribution in [0, 0.1) is 19.8 Å². The Balaban J connectivity index is 1.54. The van der Waals surface area contributed by atoms with Crippen LogP contribution in [0.15, 0.2) is 0 Å². The van der Waals surface area contributed by atoms with Gasteiger partial charge < -0.3 is 10.2 Å². The van der Waals surface area contributed by atoms with Crippen LogP contribution in [0.1, 0.15) is 46.1 Å². The van der Waals surface area contributed by atoms with Gasteiger partial charge in [-0.05, 0) is 39.0 Å². The first-order chi connectivity index (χ1) is 10.0. The lowest BCUT2D eigenvalue weighted by atomic mass is 10.0. The molecule has 1 aliphatic heterocycles. The third-order valence-corrected chi connectivity index (χ3v) is 5.15. The monoisotopic (exact) mass is 307 g/mol. The van der Waals surface area contributed by atoms with E-state index in [1.165, 1.54) is 11.3 Å². The molecule has 6 heteroatoms. The second-order valence-electron chi connectivity index (χ2n) is 6.10. The number of likely N-dealkylation sites (tertiary alicyclic amines) is 1. The molecule has 1 atom stereocenters. The summed E-state index contributed by atoms with van der Waals surface area (Å²) in [7, 11) is 0. The van der Waals surface area contributed by atoms with Gasteiger partial charge in [0.15, 0.2) is 0 Å². The zero-order chi connectivity index (χ0) is 15.0. The summed E-state index contributed by atoms with van der Waals surface area (Å²) in [4.78, 5) is 31.3. The van der Waals surface area contributed by atoms with Gasteiger partial charge in [0.1, 0.15) is 4.88 Å². The van der Waals surface area contributed by atoms with E-state index in [9.17, 15) is 9.59 Å². The molecule has 2 aliphatic rings. The Morgan fingerprint density at radius 3 is 2.71 bits per heavy atom. The second kappa shape index (κ2) is 5.75. The normalized spacial score (nSPS) is 21.6. The van der Waals surface area contributed by atoms with Crippen LogP contribution in [0.2, 0.25) is 0 Å². The summed E-state index contributed by atoms with van der Waals surface area (Å²) in [6.07, 6.45) is 3.69. The fourth-order valence-corrected chi connectivity index (χ4v) is 3.72. The number of nitrogens with zero attached hydrogens (tertiary/aromatic N) is 2. The topological polar surface area (TPSA) is 62.3 Å². The van der Waals surface area contributed by atoms with Crippen molar-refractivity contribution in [3.8, 4) is 0 Å². The van der Waals surface area contributed by atoms with Gasteiger partial charge in [0.05, 0.1) is 10.7 Å². The second-order valence-corrected chi connectivity index (χ2v) is 7.30. The van der Waals surface area contributed by atoms with Crippen LogP contribution in [0.5, 0.6) is 0 Å². The van der Waals surface area contributed by atoms with Gasteiger partial charge in [-0.2, -0.15) is 0 Å². The lowest BCUT2D eigenvalue weighted by molar-refractivity contribution is -0.122. The van der Waals surface area contributed by atoms with Crippen LogP contribution in [-0.2, 0) is 4.79 Å². The number of hydrogen-bond acceptors (Lipinski definition) is 4. The van der Waals surface area contributed by atoms with Crippen LogP contribution in [0.25, 0.3) is 0 Å². The van der Waals surface area contributed by atoms with Crippen LogP contribution in [-0.4, -0.2) is 40.8 Å². The zero-order valence-electron chi connectivity index (χ0n) is 12.5. The van der Waals surface area contributed by atoms with Crippen LogP contribution < -0.4 is 5.32 Å². The molecule has 3 rings (SSSR count). The van der Waals surface area contributed by atoms with Crippen molar-refractivity contribution in [3.63, 3.8) is 0 Å². The Morgan fingerprint density at radius 2 is 2.10 bits per heavy atom. The van der Waals surface area contributed by atoms with E-state index in [1.807, 2.05) is 18.7 Å². The average molecular weight is 307 g/mol. The highest BCUT2D eigenvalue weighted by Crippen LogP contribution is 2.26. The minimum absolute atomic E-state index is 0.0724. The highest BCUT2D eigenvalue weighted by atomic mass is 32.1. The van der Waals surface area contributed by atoms with E-state index in [4.69, 9.17) is 0 Å². The number of aromatic nitrogens is 1. The first-order valence-electron chi connectivity index (χ1n) is 7.55. The number of carbonyl (C=O) groups excluding carboxylic acids is 2. The molecule has 1 N–H and O–H groups in total. The van der Waals surface area contributed by atoms with Crippen LogP contribution >= 0.6 is 11.3 Å². The van der Waals surface area contributed by atoms with E-state index in [2.05, 4.69) is 10.3 Å². The summed E-state index contributed by atoms with van der Waals surface area (Å²) < 4.78 is 0. The third-order valence-electron chi connectivity index (χ3n) is 4.09. The highest BCUT2D eigenvalue weighted by molar-refractivity contribution is 7.13. The third kappa shape index (κ3) is 3.43. The Labute approximate surface area is 128 Å². The first kappa shape index (κ1) is 14.5.